The third-order valence-corrected chi connectivity index (χ3v) is 5.42. The quantitative estimate of drug-likeness (QED) is 0.530. The van der Waals surface area contributed by atoms with Crippen LogP contribution in [0.2, 0.25) is 0 Å². The van der Waals surface area contributed by atoms with Crippen molar-refractivity contribution in [3.63, 3.8) is 0 Å². The van der Waals surface area contributed by atoms with Crippen molar-refractivity contribution in [3.05, 3.63) is 35.9 Å². The van der Waals surface area contributed by atoms with E-state index in [-0.39, 0.29) is 18.7 Å². The standard InChI is InChI=1S/C23H28N4O5/c1-15-14-31-9-8-27(15)22-18-5-6-19(16-4-7-20(30-3)17(12-16)13-28)24-21(18)25-23(26-22)32-11-10-29-2/h4-7,12,15,28H,8-11,13-14H2,1-3H3/t15-/m0/s1. The summed E-state index contributed by atoms with van der Waals surface area (Å²) in [5.74, 6) is 1.42. The van der Waals surface area contributed by atoms with E-state index in [9.17, 15) is 5.11 Å². The molecular weight excluding hydrogens is 412 g/mol. The number of hydrogen-bond acceptors (Lipinski definition) is 9. The third-order valence-electron chi connectivity index (χ3n) is 5.42. The third kappa shape index (κ3) is 4.59. The normalized spacial score (nSPS) is 16.4. The lowest BCUT2D eigenvalue weighted by Gasteiger charge is -2.34. The Morgan fingerprint density at radius 2 is 2.00 bits per heavy atom. The van der Waals surface area contributed by atoms with Gasteiger partial charge in [0.1, 0.15) is 18.2 Å². The Morgan fingerprint density at radius 1 is 1.12 bits per heavy atom. The summed E-state index contributed by atoms with van der Waals surface area (Å²) in [6.45, 7) is 4.76. The van der Waals surface area contributed by atoms with Gasteiger partial charge in [0.05, 0.1) is 50.7 Å². The Hall–Kier alpha value is -3.01. The number of rotatable bonds is 8. The second-order valence-corrected chi connectivity index (χ2v) is 7.54. The molecule has 1 aliphatic heterocycles. The molecule has 9 heteroatoms. The van der Waals surface area contributed by atoms with Crippen molar-refractivity contribution in [1.82, 2.24) is 15.0 Å². The lowest BCUT2D eigenvalue weighted by molar-refractivity contribution is 0.0985. The number of ether oxygens (including phenoxy) is 4. The van der Waals surface area contributed by atoms with Crippen molar-refractivity contribution < 1.29 is 24.1 Å². The lowest BCUT2D eigenvalue weighted by Crippen LogP contribution is -2.44. The maximum absolute atomic E-state index is 9.67. The van der Waals surface area contributed by atoms with E-state index in [1.807, 2.05) is 30.3 Å². The maximum atomic E-state index is 9.67. The van der Waals surface area contributed by atoms with E-state index in [0.29, 0.717) is 43.4 Å². The summed E-state index contributed by atoms with van der Waals surface area (Å²) >= 11 is 0. The van der Waals surface area contributed by atoms with Gasteiger partial charge in [0.15, 0.2) is 5.65 Å². The summed E-state index contributed by atoms with van der Waals surface area (Å²) in [7, 11) is 3.20. The van der Waals surface area contributed by atoms with Gasteiger partial charge in [-0.3, -0.25) is 0 Å². The first-order valence-electron chi connectivity index (χ1n) is 10.6. The molecule has 1 N–H and O–H groups in total. The molecule has 0 saturated carbocycles. The topological polar surface area (TPSA) is 99.1 Å². The molecule has 1 saturated heterocycles. The highest BCUT2D eigenvalue weighted by molar-refractivity contribution is 5.89. The van der Waals surface area contributed by atoms with Gasteiger partial charge >= 0.3 is 6.01 Å². The van der Waals surface area contributed by atoms with Gasteiger partial charge in [-0.05, 0) is 37.3 Å². The van der Waals surface area contributed by atoms with Gasteiger partial charge in [0, 0.05) is 24.8 Å². The highest BCUT2D eigenvalue weighted by atomic mass is 16.5. The first-order chi connectivity index (χ1) is 15.6. The molecular formula is C23H28N4O5. The van der Waals surface area contributed by atoms with E-state index in [0.717, 1.165) is 29.0 Å². The van der Waals surface area contributed by atoms with Crippen LogP contribution in [0.4, 0.5) is 5.82 Å². The minimum absolute atomic E-state index is 0.122. The average molecular weight is 441 g/mol. The summed E-state index contributed by atoms with van der Waals surface area (Å²) in [5, 5.41) is 10.5. The first kappa shape index (κ1) is 22.2. The second kappa shape index (κ2) is 10.1. The van der Waals surface area contributed by atoms with Gasteiger partial charge in [-0.1, -0.05) is 0 Å². The molecule has 3 heterocycles. The van der Waals surface area contributed by atoms with Crippen LogP contribution in [0.15, 0.2) is 30.3 Å². The number of benzene rings is 1. The van der Waals surface area contributed by atoms with Crippen LogP contribution in [0, 0.1) is 0 Å². The molecule has 0 bridgehead atoms. The molecule has 1 fully saturated rings. The Bertz CT molecular complexity index is 1080. The number of aliphatic hydroxyl groups excluding tert-OH is 1. The molecule has 0 spiro atoms. The average Bonchev–Trinajstić information content (AvgIpc) is 2.83. The predicted octanol–water partition coefficient (Wildman–Crippen LogP) is 2.44. The second-order valence-electron chi connectivity index (χ2n) is 7.54. The summed E-state index contributed by atoms with van der Waals surface area (Å²) in [5.41, 5.74) is 2.83. The van der Waals surface area contributed by atoms with Crippen LogP contribution in [0.3, 0.4) is 0 Å². The summed E-state index contributed by atoms with van der Waals surface area (Å²) < 4.78 is 21.7. The molecule has 3 aromatic rings. The number of hydrogen-bond donors (Lipinski definition) is 1. The van der Waals surface area contributed by atoms with Crippen LogP contribution < -0.4 is 14.4 Å². The molecule has 32 heavy (non-hydrogen) atoms. The molecule has 1 atom stereocenters. The molecule has 4 rings (SSSR count). The van der Waals surface area contributed by atoms with Crippen LogP contribution in [-0.4, -0.2) is 73.3 Å². The summed E-state index contributed by atoms with van der Waals surface area (Å²) in [6.07, 6.45) is 0. The number of methoxy groups -OCH3 is 2. The minimum atomic E-state index is -0.122. The van der Waals surface area contributed by atoms with Crippen LogP contribution in [0.1, 0.15) is 12.5 Å². The fourth-order valence-corrected chi connectivity index (χ4v) is 3.74. The van der Waals surface area contributed by atoms with Gasteiger partial charge in [0.2, 0.25) is 0 Å². The van der Waals surface area contributed by atoms with Crippen LogP contribution >= 0.6 is 0 Å². The zero-order chi connectivity index (χ0) is 22.5. The SMILES string of the molecule is COCCOc1nc(N2CCOC[C@@H]2C)c2ccc(-c3ccc(OC)c(CO)c3)nc2n1. The van der Waals surface area contributed by atoms with E-state index in [1.54, 1.807) is 14.2 Å². The van der Waals surface area contributed by atoms with Crippen LogP contribution in [0.5, 0.6) is 11.8 Å². The van der Waals surface area contributed by atoms with E-state index in [1.165, 1.54) is 0 Å². The van der Waals surface area contributed by atoms with Crippen molar-refractivity contribution in [1.29, 1.82) is 0 Å². The van der Waals surface area contributed by atoms with Gasteiger partial charge in [0.25, 0.3) is 0 Å². The molecule has 0 amide bonds. The highest BCUT2D eigenvalue weighted by Gasteiger charge is 2.24. The molecule has 1 aromatic carbocycles. The summed E-state index contributed by atoms with van der Waals surface area (Å²) in [6, 6.07) is 9.96. The molecule has 170 valence electrons. The van der Waals surface area contributed by atoms with Crippen molar-refractivity contribution >= 4 is 16.9 Å². The molecule has 0 unspecified atom stereocenters. The van der Waals surface area contributed by atoms with E-state index >= 15 is 0 Å². The number of morpholine rings is 1. The maximum Gasteiger partial charge on any atom is 0.320 e. The zero-order valence-corrected chi connectivity index (χ0v) is 18.6. The number of nitrogens with zero attached hydrogens (tertiary/aromatic N) is 4. The molecule has 1 aliphatic rings. The van der Waals surface area contributed by atoms with Crippen LogP contribution in [-0.2, 0) is 16.1 Å². The van der Waals surface area contributed by atoms with E-state index in [4.69, 9.17) is 28.9 Å². The van der Waals surface area contributed by atoms with E-state index < -0.39 is 0 Å². The Balaban J connectivity index is 1.78. The first-order valence-corrected chi connectivity index (χ1v) is 10.6. The molecule has 0 aliphatic carbocycles. The van der Waals surface area contributed by atoms with Gasteiger partial charge in [-0.2, -0.15) is 9.97 Å². The number of fused-ring (bicyclic) bond motifs is 1. The van der Waals surface area contributed by atoms with Crippen molar-refractivity contribution in [2.24, 2.45) is 0 Å². The largest absolute Gasteiger partial charge is 0.496 e. The molecule has 0 radical (unpaired) electrons. The van der Waals surface area contributed by atoms with Crippen molar-refractivity contribution in [2.75, 3.05) is 52.1 Å². The van der Waals surface area contributed by atoms with Crippen molar-refractivity contribution in [2.45, 2.75) is 19.6 Å². The highest BCUT2D eigenvalue weighted by Crippen LogP contribution is 2.31. The minimum Gasteiger partial charge on any atom is -0.496 e. The Labute approximate surface area is 186 Å². The number of anilines is 1. The smallest absolute Gasteiger partial charge is 0.320 e. The predicted molar refractivity (Wildman–Crippen MR) is 120 cm³/mol. The van der Waals surface area contributed by atoms with Gasteiger partial charge in [-0.25, -0.2) is 4.98 Å². The number of aliphatic hydroxyl groups is 1. The Kier molecular flexibility index (Phi) is 6.99. The molecule has 9 nitrogen and oxygen atoms in total. The number of pyridine rings is 1. The molecule has 2 aromatic heterocycles. The summed E-state index contributed by atoms with van der Waals surface area (Å²) in [4.78, 5) is 16.3. The zero-order valence-electron chi connectivity index (χ0n) is 18.6. The van der Waals surface area contributed by atoms with Crippen LogP contribution in [0.25, 0.3) is 22.3 Å². The van der Waals surface area contributed by atoms with Gasteiger partial charge < -0.3 is 29.0 Å². The fraction of sp³-hybridized carbons (Fsp3) is 0.435. The van der Waals surface area contributed by atoms with Gasteiger partial charge in [-0.15, -0.1) is 0 Å². The Morgan fingerprint density at radius 3 is 2.75 bits per heavy atom. The van der Waals surface area contributed by atoms with E-state index in [2.05, 4.69) is 16.8 Å². The number of aromatic nitrogens is 3. The fourth-order valence-electron chi connectivity index (χ4n) is 3.74. The monoisotopic (exact) mass is 440 g/mol. The lowest BCUT2D eigenvalue weighted by atomic mass is 10.1. The van der Waals surface area contributed by atoms with Crippen molar-refractivity contribution in [3.8, 4) is 23.0 Å².